The van der Waals surface area contributed by atoms with Crippen LogP contribution in [0.5, 0.6) is 0 Å². The van der Waals surface area contributed by atoms with Crippen LogP contribution < -0.4 is 5.32 Å². The maximum atomic E-state index is 13.0. The lowest BCUT2D eigenvalue weighted by Crippen LogP contribution is -2.52. The fourth-order valence-corrected chi connectivity index (χ4v) is 3.86. The van der Waals surface area contributed by atoms with Gasteiger partial charge in [0, 0.05) is 13.0 Å². The number of carbonyl (C=O) groups is 3. The number of nitrogens with one attached hydrogen (secondary N) is 1. The van der Waals surface area contributed by atoms with Crippen molar-refractivity contribution in [2.24, 2.45) is 0 Å². The van der Waals surface area contributed by atoms with E-state index in [2.05, 4.69) is 5.32 Å². The summed E-state index contributed by atoms with van der Waals surface area (Å²) in [6.45, 7) is 7.66. The van der Waals surface area contributed by atoms with Gasteiger partial charge in [0.15, 0.2) is 0 Å². The third-order valence-corrected chi connectivity index (χ3v) is 5.20. The molecule has 2 saturated heterocycles. The van der Waals surface area contributed by atoms with E-state index in [0.717, 1.165) is 12.0 Å². The average molecular weight is 439 g/mol. The van der Waals surface area contributed by atoms with Crippen LogP contribution in [0.25, 0.3) is 0 Å². The Labute approximate surface area is 183 Å². The number of halogens is 1. The van der Waals surface area contributed by atoms with E-state index in [9.17, 15) is 14.4 Å². The van der Waals surface area contributed by atoms with Crippen LogP contribution in [0, 0.1) is 0 Å². The molecule has 7 nitrogen and oxygen atoms in total. The molecule has 1 N–H and O–H groups in total. The standard InChI is InChI=1S/C22H30N2O5.ClH/c1-14(19(25)24-12-8-11-17(24)21(27)29-22(2,3)4)23-16-13-18(28-20(16)26)15-9-6-5-7-10-15;/h5-7,9-10,14,16-18,23H,8,11-13H2,1-4H3;1H/t14-,16-,17-,18+;/m0./s1. The number of ether oxygens (including phenoxy) is 2. The van der Waals surface area contributed by atoms with Gasteiger partial charge in [-0.25, -0.2) is 4.79 Å². The number of carbonyl (C=O) groups excluding carboxylic acids is 3. The zero-order valence-electron chi connectivity index (χ0n) is 17.9. The van der Waals surface area contributed by atoms with E-state index in [1.807, 2.05) is 51.1 Å². The number of cyclic esters (lactones) is 1. The third-order valence-electron chi connectivity index (χ3n) is 5.20. The van der Waals surface area contributed by atoms with Crippen LogP contribution in [-0.4, -0.2) is 53.0 Å². The summed E-state index contributed by atoms with van der Waals surface area (Å²) in [6.07, 6.45) is 1.50. The summed E-state index contributed by atoms with van der Waals surface area (Å²) < 4.78 is 10.9. The van der Waals surface area contributed by atoms with Crippen LogP contribution in [-0.2, 0) is 23.9 Å². The van der Waals surface area contributed by atoms with Crippen molar-refractivity contribution in [1.82, 2.24) is 10.2 Å². The SMILES string of the molecule is C[C@H](N[C@H]1C[C@H](c2ccccc2)OC1=O)C(=O)N1CCC[C@H]1C(=O)OC(C)(C)C.Cl. The van der Waals surface area contributed by atoms with Gasteiger partial charge in [0.25, 0.3) is 0 Å². The average Bonchev–Trinajstić information content (AvgIpc) is 3.28. The lowest BCUT2D eigenvalue weighted by Gasteiger charge is -2.29. The summed E-state index contributed by atoms with van der Waals surface area (Å²) in [5.41, 5.74) is 0.340. The Kier molecular flexibility index (Phi) is 7.88. The molecular formula is C22H31ClN2O5. The number of benzene rings is 1. The van der Waals surface area contributed by atoms with Crippen LogP contribution in [0.15, 0.2) is 30.3 Å². The molecule has 0 spiro atoms. The first-order valence-corrected chi connectivity index (χ1v) is 10.2. The van der Waals surface area contributed by atoms with E-state index in [4.69, 9.17) is 9.47 Å². The molecule has 0 bridgehead atoms. The van der Waals surface area contributed by atoms with Gasteiger partial charge in [-0.15, -0.1) is 12.4 Å². The molecule has 0 aromatic heterocycles. The zero-order chi connectivity index (χ0) is 21.2. The second-order valence-electron chi connectivity index (χ2n) is 8.74. The summed E-state index contributed by atoms with van der Waals surface area (Å²) in [4.78, 5) is 39.3. The largest absolute Gasteiger partial charge is 0.458 e. The molecule has 8 heteroatoms. The maximum absolute atomic E-state index is 13.0. The van der Waals surface area contributed by atoms with Crippen molar-refractivity contribution in [2.75, 3.05) is 6.54 Å². The van der Waals surface area contributed by atoms with Gasteiger partial charge in [-0.1, -0.05) is 30.3 Å². The molecular weight excluding hydrogens is 408 g/mol. The normalized spacial score (nSPS) is 24.7. The molecule has 2 aliphatic rings. The minimum atomic E-state index is -0.606. The number of rotatable bonds is 5. The van der Waals surface area contributed by atoms with Crippen molar-refractivity contribution >= 4 is 30.3 Å². The molecule has 4 atom stereocenters. The molecule has 1 amide bonds. The van der Waals surface area contributed by atoms with Crippen molar-refractivity contribution < 1.29 is 23.9 Å². The summed E-state index contributed by atoms with van der Waals surface area (Å²) >= 11 is 0. The maximum Gasteiger partial charge on any atom is 0.329 e. The molecule has 30 heavy (non-hydrogen) atoms. The predicted octanol–water partition coefficient (Wildman–Crippen LogP) is 2.78. The van der Waals surface area contributed by atoms with Gasteiger partial charge in [0.05, 0.1) is 6.04 Å². The first-order chi connectivity index (χ1) is 13.7. The number of amides is 1. The highest BCUT2D eigenvalue weighted by atomic mass is 35.5. The molecule has 3 rings (SSSR count). The monoisotopic (exact) mass is 438 g/mol. The smallest absolute Gasteiger partial charge is 0.329 e. The quantitative estimate of drug-likeness (QED) is 0.711. The highest BCUT2D eigenvalue weighted by Gasteiger charge is 2.41. The van der Waals surface area contributed by atoms with Crippen molar-refractivity contribution in [3.8, 4) is 0 Å². The third kappa shape index (κ3) is 5.73. The lowest BCUT2D eigenvalue weighted by molar-refractivity contribution is -0.163. The van der Waals surface area contributed by atoms with E-state index in [1.165, 1.54) is 0 Å². The molecule has 1 aromatic carbocycles. The Balaban J connectivity index is 0.00000320. The van der Waals surface area contributed by atoms with Crippen LogP contribution in [0.2, 0.25) is 0 Å². The van der Waals surface area contributed by atoms with Crippen LogP contribution in [0.4, 0.5) is 0 Å². The van der Waals surface area contributed by atoms with Crippen molar-refractivity contribution in [2.45, 2.75) is 76.8 Å². The van der Waals surface area contributed by atoms with Crippen LogP contribution >= 0.6 is 12.4 Å². The molecule has 0 radical (unpaired) electrons. The fourth-order valence-electron chi connectivity index (χ4n) is 3.86. The number of esters is 2. The molecule has 166 valence electrons. The summed E-state index contributed by atoms with van der Waals surface area (Å²) in [7, 11) is 0. The Bertz CT molecular complexity index is 765. The summed E-state index contributed by atoms with van der Waals surface area (Å²) in [6, 6.07) is 7.83. The highest BCUT2D eigenvalue weighted by Crippen LogP contribution is 2.30. The van der Waals surface area contributed by atoms with E-state index in [0.29, 0.717) is 19.4 Å². The van der Waals surface area contributed by atoms with E-state index in [-0.39, 0.29) is 36.4 Å². The van der Waals surface area contributed by atoms with Gasteiger partial charge in [0.1, 0.15) is 23.8 Å². The fraction of sp³-hybridized carbons (Fsp3) is 0.591. The van der Waals surface area contributed by atoms with Gasteiger partial charge in [-0.2, -0.15) is 0 Å². The van der Waals surface area contributed by atoms with Gasteiger partial charge < -0.3 is 14.4 Å². The molecule has 0 aliphatic carbocycles. The Morgan fingerprint density at radius 2 is 1.90 bits per heavy atom. The lowest BCUT2D eigenvalue weighted by atomic mass is 10.0. The highest BCUT2D eigenvalue weighted by molar-refractivity contribution is 5.89. The van der Waals surface area contributed by atoms with E-state index in [1.54, 1.807) is 11.8 Å². The summed E-state index contributed by atoms with van der Waals surface area (Å²) in [5, 5.41) is 3.09. The molecule has 0 saturated carbocycles. The number of hydrogen-bond acceptors (Lipinski definition) is 6. The first-order valence-electron chi connectivity index (χ1n) is 10.2. The van der Waals surface area contributed by atoms with Crippen LogP contribution in [0.1, 0.15) is 58.6 Å². The van der Waals surface area contributed by atoms with Crippen molar-refractivity contribution in [1.29, 1.82) is 0 Å². The van der Waals surface area contributed by atoms with Crippen molar-refractivity contribution in [3.05, 3.63) is 35.9 Å². The molecule has 2 fully saturated rings. The number of likely N-dealkylation sites (tertiary alicyclic amines) is 1. The topological polar surface area (TPSA) is 84.9 Å². The summed E-state index contributed by atoms with van der Waals surface area (Å²) in [5.74, 6) is -0.932. The zero-order valence-corrected chi connectivity index (χ0v) is 18.7. The van der Waals surface area contributed by atoms with E-state index < -0.39 is 23.7 Å². The number of hydrogen-bond donors (Lipinski definition) is 1. The predicted molar refractivity (Wildman–Crippen MR) is 114 cm³/mol. The first kappa shape index (κ1) is 24.2. The van der Waals surface area contributed by atoms with Crippen molar-refractivity contribution in [3.63, 3.8) is 0 Å². The van der Waals surface area contributed by atoms with Gasteiger partial charge >= 0.3 is 11.9 Å². The minimum absolute atomic E-state index is 0. The van der Waals surface area contributed by atoms with Crippen LogP contribution in [0.3, 0.4) is 0 Å². The van der Waals surface area contributed by atoms with Gasteiger partial charge in [0.2, 0.25) is 5.91 Å². The Hall–Kier alpha value is -2.12. The van der Waals surface area contributed by atoms with Gasteiger partial charge in [-0.3, -0.25) is 14.9 Å². The molecule has 2 aliphatic heterocycles. The van der Waals surface area contributed by atoms with Gasteiger partial charge in [-0.05, 0) is 46.1 Å². The molecule has 0 unspecified atom stereocenters. The minimum Gasteiger partial charge on any atom is -0.458 e. The molecule has 1 aromatic rings. The second-order valence-corrected chi connectivity index (χ2v) is 8.74. The number of nitrogens with zero attached hydrogens (tertiary/aromatic N) is 1. The second kappa shape index (κ2) is 9.79. The van der Waals surface area contributed by atoms with E-state index >= 15 is 0 Å². The Morgan fingerprint density at radius 1 is 1.23 bits per heavy atom. The molecule has 2 heterocycles. The Morgan fingerprint density at radius 3 is 2.53 bits per heavy atom.